The van der Waals surface area contributed by atoms with Gasteiger partial charge in [0.2, 0.25) is 11.8 Å². The molecule has 1 unspecified atom stereocenters. The molecule has 0 aliphatic carbocycles. The van der Waals surface area contributed by atoms with Crippen molar-refractivity contribution in [2.45, 2.75) is 52.0 Å². The van der Waals surface area contributed by atoms with Crippen molar-refractivity contribution in [3.8, 4) is 0 Å². The van der Waals surface area contributed by atoms with Crippen LogP contribution >= 0.6 is 0 Å². The molecule has 2 heterocycles. The molecule has 2 aliphatic heterocycles. The smallest absolute Gasteiger partial charge is 0.239 e. The first-order valence-corrected chi connectivity index (χ1v) is 9.63. The van der Waals surface area contributed by atoms with Crippen molar-refractivity contribution in [3.63, 3.8) is 0 Å². The van der Waals surface area contributed by atoms with E-state index < -0.39 is 0 Å². The van der Waals surface area contributed by atoms with E-state index in [0.717, 1.165) is 65.1 Å². The maximum Gasteiger partial charge on any atom is 0.239 e. The van der Waals surface area contributed by atoms with Crippen molar-refractivity contribution in [2.75, 3.05) is 52.4 Å². The fourth-order valence-corrected chi connectivity index (χ4v) is 3.54. The number of nitrogens with one attached hydrogen (secondary N) is 1. The summed E-state index contributed by atoms with van der Waals surface area (Å²) in [6.07, 6.45) is 5.74. The average molecular weight is 338 g/mol. The second-order valence-corrected chi connectivity index (χ2v) is 7.08. The fraction of sp³-hybridized carbons (Fsp3) is 0.889. The van der Waals surface area contributed by atoms with Crippen LogP contribution in [0.5, 0.6) is 0 Å². The first-order chi connectivity index (χ1) is 11.6. The SMILES string of the molecule is CCCNC(=O)CN1CCN(C(C)C(=O)N2CCCCCC2)CC1. The highest BCUT2D eigenvalue weighted by Crippen LogP contribution is 2.14. The number of carbonyl (C=O) groups is 2. The molecule has 0 aromatic carbocycles. The van der Waals surface area contributed by atoms with Gasteiger partial charge in [-0.2, -0.15) is 0 Å². The molecule has 2 saturated heterocycles. The zero-order chi connectivity index (χ0) is 17.4. The maximum absolute atomic E-state index is 12.7. The Morgan fingerprint density at radius 1 is 0.958 bits per heavy atom. The zero-order valence-corrected chi connectivity index (χ0v) is 15.4. The second kappa shape index (κ2) is 9.99. The molecule has 6 heteroatoms. The quantitative estimate of drug-likeness (QED) is 0.782. The number of carbonyl (C=O) groups excluding carboxylic acids is 2. The number of piperazine rings is 1. The summed E-state index contributed by atoms with van der Waals surface area (Å²) < 4.78 is 0. The molecule has 1 atom stereocenters. The lowest BCUT2D eigenvalue weighted by Gasteiger charge is -2.38. The molecule has 24 heavy (non-hydrogen) atoms. The van der Waals surface area contributed by atoms with Gasteiger partial charge in [0.15, 0.2) is 0 Å². The molecule has 138 valence electrons. The number of hydrogen-bond acceptors (Lipinski definition) is 4. The Hall–Kier alpha value is -1.14. The maximum atomic E-state index is 12.7. The summed E-state index contributed by atoms with van der Waals surface area (Å²) in [6.45, 7) is 10.6. The number of nitrogens with zero attached hydrogens (tertiary/aromatic N) is 3. The van der Waals surface area contributed by atoms with Crippen molar-refractivity contribution < 1.29 is 9.59 Å². The number of hydrogen-bond donors (Lipinski definition) is 1. The van der Waals surface area contributed by atoms with Crippen LogP contribution in [0.1, 0.15) is 46.0 Å². The monoisotopic (exact) mass is 338 g/mol. The fourth-order valence-electron chi connectivity index (χ4n) is 3.54. The van der Waals surface area contributed by atoms with E-state index in [4.69, 9.17) is 0 Å². The van der Waals surface area contributed by atoms with Gasteiger partial charge in [-0.1, -0.05) is 19.8 Å². The van der Waals surface area contributed by atoms with Crippen LogP contribution in [0, 0.1) is 0 Å². The van der Waals surface area contributed by atoms with Crippen LogP contribution in [0.25, 0.3) is 0 Å². The Bertz CT molecular complexity index is 400. The van der Waals surface area contributed by atoms with E-state index in [1.54, 1.807) is 0 Å². The van der Waals surface area contributed by atoms with Gasteiger partial charge in [-0.05, 0) is 26.2 Å². The van der Waals surface area contributed by atoms with Crippen LogP contribution in [0.15, 0.2) is 0 Å². The normalized spacial score (nSPS) is 22.0. The molecule has 1 N–H and O–H groups in total. The van der Waals surface area contributed by atoms with E-state index in [1.807, 2.05) is 6.92 Å². The number of rotatable bonds is 6. The Kier molecular flexibility index (Phi) is 7.99. The molecule has 0 aromatic rings. The minimum absolute atomic E-state index is 0.0424. The van der Waals surface area contributed by atoms with Gasteiger partial charge < -0.3 is 10.2 Å². The lowest BCUT2D eigenvalue weighted by Crippen LogP contribution is -2.55. The lowest BCUT2D eigenvalue weighted by molar-refractivity contribution is -0.137. The van der Waals surface area contributed by atoms with Crippen molar-refractivity contribution in [2.24, 2.45) is 0 Å². The van der Waals surface area contributed by atoms with E-state index in [0.29, 0.717) is 6.54 Å². The van der Waals surface area contributed by atoms with E-state index in [9.17, 15) is 9.59 Å². The summed E-state index contributed by atoms with van der Waals surface area (Å²) in [5.74, 6) is 0.394. The van der Waals surface area contributed by atoms with E-state index in [-0.39, 0.29) is 17.9 Å². The lowest BCUT2D eigenvalue weighted by atomic mass is 10.2. The van der Waals surface area contributed by atoms with Crippen LogP contribution in [-0.4, -0.2) is 84.9 Å². The van der Waals surface area contributed by atoms with Gasteiger partial charge in [0, 0.05) is 45.8 Å². The second-order valence-electron chi connectivity index (χ2n) is 7.08. The van der Waals surface area contributed by atoms with E-state index >= 15 is 0 Å². The molecule has 0 bridgehead atoms. The molecule has 0 saturated carbocycles. The van der Waals surface area contributed by atoms with Gasteiger partial charge in [-0.25, -0.2) is 0 Å². The summed E-state index contributed by atoms with van der Waals surface area (Å²) >= 11 is 0. The van der Waals surface area contributed by atoms with Crippen molar-refractivity contribution >= 4 is 11.8 Å². The minimum Gasteiger partial charge on any atom is -0.355 e. The predicted octanol–water partition coefficient (Wildman–Crippen LogP) is 0.921. The van der Waals surface area contributed by atoms with Crippen LogP contribution in [-0.2, 0) is 9.59 Å². The Morgan fingerprint density at radius 3 is 2.17 bits per heavy atom. The summed E-state index contributed by atoms with van der Waals surface area (Å²) in [7, 11) is 0. The van der Waals surface area contributed by atoms with Crippen LogP contribution in [0.4, 0.5) is 0 Å². The van der Waals surface area contributed by atoms with Crippen molar-refractivity contribution in [1.82, 2.24) is 20.0 Å². The van der Waals surface area contributed by atoms with Crippen LogP contribution in [0.3, 0.4) is 0 Å². The van der Waals surface area contributed by atoms with Gasteiger partial charge >= 0.3 is 0 Å². The van der Waals surface area contributed by atoms with Gasteiger partial charge in [0.25, 0.3) is 0 Å². The molecule has 0 aromatic heterocycles. The summed E-state index contributed by atoms with van der Waals surface area (Å²) in [4.78, 5) is 31.1. The standard InChI is InChI=1S/C18H34N4O2/c1-3-8-19-17(23)15-20-11-13-21(14-12-20)16(2)18(24)22-9-6-4-5-7-10-22/h16H,3-15H2,1-2H3,(H,19,23). The molecule has 6 nitrogen and oxygen atoms in total. The molecular weight excluding hydrogens is 304 g/mol. The zero-order valence-electron chi connectivity index (χ0n) is 15.4. The molecular formula is C18H34N4O2. The van der Waals surface area contributed by atoms with Crippen molar-refractivity contribution in [3.05, 3.63) is 0 Å². The summed E-state index contributed by atoms with van der Waals surface area (Å²) in [5.41, 5.74) is 0. The predicted molar refractivity (Wildman–Crippen MR) is 95.8 cm³/mol. The molecule has 0 radical (unpaired) electrons. The minimum atomic E-state index is -0.0424. The van der Waals surface area contributed by atoms with Crippen molar-refractivity contribution in [1.29, 1.82) is 0 Å². The molecule has 2 aliphatic rings. The van der Waals surface area contributed by atoms with Gasteiger partial charge in [-0.3, -0.25) is 19.4 Å². The highest BCUT2D eigenvalue weighted by atomic mass is 16.2. The third-order valence-corrected chi connectivity index (χ3v) is 5.17. The van der Waals surface area contributed by atoms with Gasteiger partial charge in [0.05, 0.1) is 12.6 Å². The van der Waals surface area contributed by atoms with Crippen LogP contribution in [0.2, 0.25) is 0 Å². The Labute approximate surface area is 146 Å². The Balaban J connectivity index is 1.74. The molecule has 2 amide bonds. The number of likely N-dealkylation sites (tertiary alicyclic amines) is 1. The highest BCUT2D eigenvalue weighted by molar-refractivity contribution is 5.81. The first-order valence-electron chi connectivity index (χ1n) is 9.63. The third kappa shape index (κ3) is 5.74. The molecule has 2 fully saturated rings. The highest BCUT2D eigenvalue weighted by Gasteiger charge is 2.29. The summed E-state index contributed by atoms with van der Waals surface area (Å²) in [6, 6.07) is -0.0424. The summed E-state index contributed by atoms with van der Waals surface area (Å²) in [5, 5.41) is 2.93. The topological polar surface area (TPSA) is 55.9 Å². The third-order valence-electron chi connectivity index (χ3n) is 5.17. The van der Waals surface area contributed by atoms with E-state index in [1.165, 1.54) is 12.8 Å². The van der Waals surface area contributed by atoms with Gasteiger partial charge in [0.1, 0.15) is 0 Å². The largest absolute Gasteiger partial charge is 0.355 e. The van der Waals surface area contributed by atoms with E-state index in [2.05, 4.69) is 26.9 Å². The number of amides is 2. The first kappa shape index (κ1) is 19.2. The van der Waals surface area contributed by atoms with Crippen LogP contribution < -0.4 is 5.32 Å². The Morgan fingerprint density at radius 2 is 1.58 bits per heavy atom. The molecule has 2 rings (SSSR count). The van der Waals surface area contributed by atoms with Gasteiger partial charge in [-0.15, -0.1) is 0 Å². The molecule has 0 spiro atoms. The average Bonchev–Trinajstić information content (AvgIpc) is 2.88.